The first-order valence-electron chi connectivity index (χ1n) is 6.12. The lowest BCUT2D eigenvalue weighted by molar-refractivity contribution is -0.385. The summed E-state index contributed by atoms with van der Waals surface area (Å²) in [6.45, 7) is 7.74. The number of hydrogen-bond acceptors (Lipinski definition) is 4. The number of likely N-dealkylation sites (N-methyl/N-ethyl adjacent to an activating group) is 1. The molecule has 1 aliphatic rings. The van der Waals surface area contributed by atoms with Crippen molar-refractivity contribution in [1.82, 2.24) is 4.90 Å². The molecule has 0 spiro atoms. The summed E-state index contributed by atoms with van der Waals surface area (Å²) in [5, 5.41) is 10.9. The van der Waals surface area contributed by atoms with E-state index in [0.717, 1.165) is 31.9 Å². The van der Waals surface area contributed by atoms with Gasteiger partial charge in [-0.3, -0.25) is 10.1 Å². The van der Waals surface area contributed by atoms with Crippen LogP contribution < -0.4 is 4.90 Å². The van der Waals surface area contributed by atoms with Crippen molar-refractivity contribution >= 4 is 11.4 Å². The average molecular weight is 248 g/mol. The predicted molar refractivity (Wildman–Crippen MR) is 71.9 cm³/mol. The Kier molecular flexibility index (Phi) is 3.81. The van der Waals surface area contributed by atoms with E-state index in [4.69, 9.17) is 0 Å². The number of piperazine rings is 1. The van der Waals surface area contributed by atoms with Crippen LogP contribution in [-0.2, 0) is 6.42 Å². The minimum atomic E-state index is -0.339. The first-order valence-corrected chi connectivity index (χ1v) is 6.12. The maximum absolute atomic E-state index is 10.9. The lowest BCUT2D eigenvalue weighted by atomic mass is 10.1. The van der Waals surface area contributed by atoms with Crippen molar-refractivity contribution in [3.05, 3.63) is 40.8 Å². The molecule has 1 saturated heterocycles. The molecule has 1 aromatic carbocycles. The summed E-state index contributed by atoms with van der Waals surface area (Å²) in [6, 6.07) is 5.33. The summed E-state index contributed by atoms with van der Waals surface area (Å²) in [5.41, 5.74) is 1.94. The van der Waals surface area contributed by atoms with Gasteiger partial charge in [0.1, 0.15) is 0 Å². The van der Waals surface area contributed by atoms with Crippen LogP contribution in [0.1, 0.15) is 5.56 Å². The van der Waals surface area contributed by atoms with E-state index < -0.39 is 0 Å². The van der Waals surface area contributed by atoms with Crippen molar-refractivity contribution < 1.29 is 4.92 Å². The number of rotatable bonds is 3. The number of hydrogen-bond donors (Lipinski definition) is 0. The second kappa shape index (κ2) is 5.35. The Labute approximate surface area is 107 Å². The molecule has 0 atom stereocenters. The maximum atomic E-state index is 10.9. The second-order valence-electron chi connectivity index (χ2n) is 4.61. The van der Waals surface area contributed by atoms with Crippen LogP contribution in [0.2, 0.25) is 0 Å². The summed E-state index contributed by atoms with van der Waals surface area (Å²) >= 11 is 0. The summed E-state index contributed by atoms with van der Waals surface area (Å²) < 4.78 is 0. The molecular formula is C13H18N3O2. The molecule has 18 heavy (non-hydrogen) atoms. The highest BCUT2D eigenvalue weighted by Gasteiger charge is 2.18. The quantitative estimate of drug-likeness (QED) is 0.603. The monoisotopic (exact) mass is 248 g/mol. The SMILES string of the molecule is [CH2]Cc1cc(N2CCN(C)CC2)ccc1[N+](=O)[O-]. The molecule has 1 aromatic rings. The molecule has 0 saturated carbocycles. The molecule has 1 fully saturated rings. The van der Waals surface area contributed by atoms with Gasteiger partial charge in [0.2, 0.25) is 0 Å². The van der Waals surface area contributed by atoms with E-state index in [2.05, 4.69) is 23.8 Å². The van der Waals surface area contributed by atoms with Crippen molar-refractivity contribution in [2.75, 3.05) is 38.1 Å². The van der Waals surface area contributed by atoms with Crippen LogP contribution >= 0.6 is 0 Å². The smallest absolute Gasteiger partial charge is 0.272 e. The zero-order valence-electron chi connectivity index (χ0n) is 10.6. The fraction of sp³-hybridized carbons (Fsp3) is 0.462. The zero-order valence-corrected chi connectivity index (χ0v) is 10.6. The summed E-state index contributed by atoms with van der Waals surface area (Å²) in [7, 11) is 2.11. The minimum absolute atomic E-state index is 0.169. The highest BCUT2D eigenvalue weighted by atomic mass is 16.6. The fourth-order valence-corrected chi connectivity index (χ4v) is 2.21. The van der Waals surface area contributed by atoms with E-state index in [9.17, 15) is 10.1 Å². The Morgan fingerprint density at radius 1 is 1.33 bits per heavy atom. The minimum Gasteiger partial charge on any atom is -0.369 e. The van der Waals surface area contributed by atoms with Gasteiger partial charge in [-0.15, -0.1) is 0 Å². The van der Waals surface area contributed by atoms with Crippen molar-refractivity contribution in [2.45, 2.75) is 6.42 Å². The molecule has 97 valence electrons. The third kappa shape index (κ3) is 2.61. The Balaban J connectivity index is 2.22. The standard InChI is InChI=1S/C13H18N3O2/c1-3-11-10-12(4-5-13(11)16(17)18)15-8-6-14(2)7-9-15/h4-5,10H,1,3,6-9H2,2H3. The van der Waals surface area contributed by atoms with Crippen LogP contribution in [0.4, 0.5) is 11.4 Å². The van der Waals surface area contributed by atoms with Gasteiger partial charge < -0.3 is 9.80 Å². The molecule has 5 nitrogen and oxygen atoms in total. The van der Waals surface area contributed by atoms with Crippen molar-refractivity contribution in [1.29, 1.82) is 0 Å². The number of nitro groups is 1. The Hall–Kier alpha value is -1.62. The molecule has 0 N–H and O–H groups in total. The molecular weight excluding hydrogens is 230 g/mol. The lowest BCUT2D eigenvalue weighted by Gasteiger charge is -2.34. The number of nitrogens with zero attached hydrogens (tertiary/aromatic N) is 3. The van der Waals surface area contributed by atoms with Gasteiger partial charge in [0.15, 0.2) is 0 Å². The van der Waals surface area contributed by atoms with Crippen LogP contribution in [0.15, 0.2) is 18.2 Å². The number of anilines is 1. The van der Waals surface area contributed by atoms with Gasteiger partial charge in [-0.1, -0.05) is 0 Å². The van der Waals surface area contributed by atoms with Crippen molar-refractivity contribution in [3.8, 4) is 0 Å². The molecule has 0 amide bonds. The van der Waals surface area contributed by atoms with Crippen LogP contribution in [0.5, 0.6) is 0 Å². The zero-order chi connectivity index (χ0) is 13.1. The Morgan fingerprint density at radius 3 is 2.56 bits per heavy atom. The average Bonchev–Trinajstić information content (AvgIpc) is 2.38. The molecule has 2 rings (SSSR count). The van der Waals surface area contributed by atoms with E-state index in [0.29, 0.717) is 12.0 Å². The fourth-order valence-electron chi connectivity index (χ4n) is 2.21. The van der Waals surface area contributed by atoms with Crippen LogP contribution in [0.25, 0.3) is 0 Å². The van der Waals surface area contributed by atoms with Crippen LogP contribution in [0.3, 0.4) is 0 Å². The van der Waals surface area contributed by atoms with E-state index in [1.54, 1.807) is 6.07 Å². The van der Waals surface area contributed by atoms with Gasteiger partial charge in [-0.05, 0) is 32.5 Å². The lowest BCUT2D eigenvalue weighted by Crippen LogP contribution is -2.44. The summed E-state index contributed by atoms with van der Waals surface area (Å²) in [6.07, 6.45) is 0.442. The summed E-state index contributed by atoms with van der Waals surface area (Å²) in [4.78, 5) is 15.1. The van der Waals surface area contributed by atoms with Gasteiger partial charge in [0, 0.05) is 43.5 Å². The van der Waals surface area contributed by atoms with E-state index >= 15 is 0 Å². The first kappa shape index (κ1) is 12.8. The number of benzene rings is 1. The molecule has 1 radical (unpaired) electrons. The predicted octanol–water partition coefficient (Wildman–Crippen LogP) is 1.72. The topological polar surface area (TPSA) is 49.6 Å². The third-order valence-corrected chi connectivity index (χ3v) is 3.40. The molecule has 0 aromatic heterocycles. The van der Waals surface area contributed by atoms with Gasteiger partial charge >= 0.3 is 0 Å². The Morgan fingerprint density at radius 2 is 2.00 bits per heavy atom. The normalized spacial score (nSPS) is 16.9. The van der Waals surface area contributed by atoms with E-state index in [1.807, 2.05) is 12.1 Å². The molecule has 0 bridgehead atoms. The van der Waals surface area contributed by atoms with E-state index in [1.165, 1.54) is 0 Å². The molecule has 1 heterocycles. The van der Waals surface area contributed by atoms with Crippen LogP contribution in [-0.4, -0.2) is 43.0 Å². The molecule has 0 aliphatic carbocycles. The molecule has 0 unspecified atom stereocenters. The van der Waals surface area contributed by atoms with E-state index in [-0.39, 0.29) is 10.6 Å². The van der Waals surface area contributed by atoms with Crippen LogP contribution in [0, 0.1) is 17.0 Å². The molecule has 1 aliphatic heterocycles. The van der Waals surface area contributed by atoms with Crippen molar-refractivity contribution in [2.24, 2.45) is 0 Å². The highest BCUT2D eigenvalue weighted by molar-refractivity contribution is 5.56. The summed E-state index contributed by atoms with van der Waals surface area (Å²) in [5.74, 6) is 0. The number of nitro benzene ring substituents is 1. The van der Waals surface area contributed by atoms with Crippen molar-refractivity contribution in [3.63, 3.8) is 0 Å². The molecule has 5 heteroatoms. The first-order chi connectivity index (χ1) is 8.61. The van der Waals surface area contributed by atoms with Gasteiger partial charge in [-0.2, -0.15) is 0 Å². The highest BCUT2D eigenvalue weighted by Crippen LogP contribution is 2.26. The van der Waals surface area contributed by atoms with Gasteiger partial charge in [0.25, 0.3) is 5.69 Å². The van der Waals surface area contributed by atoms with Gasteiger partial charge in [0.05, 0.1) is 4.92 Å². The third-order valence-electron chi connectivity index (χ3n) is 3.40. The maximum Gasteiger partial charge on any atom is 0.272 e. The largest absolute Gasteiger partial charge is 0.369 e. The van der Waals surface area contributed by atoms with Gasteiger partial charge in [-0.25, -0.2) is 0 Å². The second-order valence-corrected chi connectivity index (χ2v) is 4.61. The Bertz CT molecular complexity index is 440.